The first-order chi connectivity index (χ1) is 38.2. The third kappa shape index (κ3) is 21.3. The Hall–Kier alpha value is -4.04. The Labute approximate surface area is 482 Å². The molecule has 3 rings (SSSR count). The molecule has 458 valence electrons. The van der Waals surface area contributed by atoms with Crippen LogP contribution in [0.25, 0.3) is 0 Å². The van der Waals surface area contributed by atoms with Crippen LogP contribution in [0.5, 0.6) is 0 Å². The van der Waals surface area contributed by atoms with Gasteiger partial charge in [-0.1, -0.05) is 113 Å². The molecule has 5 amide bonds. The molecule has 0 bridgehead atoms. The van der Waals surface area contributed by atoms with Gasteiger partial charge < -0.3 is 44.1 Å². The molecule has 2 N–H and O–H groups in total. The Kier molecular flexibility index (Phi) is 32.7. The summed E-state index contributed by atoms with van der Waals surface area (Å²) in [6, 6.07) is 4.98. The summed E-state index contributed by atoms with van der Waals surface area (Å²) in [5, 5.41) is 7.65. The third-order valence-corrected chi connectivity index (χ3v) is 16.7. The number of hydroxylamine groups is 2. The van der Waals surface area contributed by atoms with Gasteiger partial charge in [-0.05, 0) is 87.3 Å². The van der Waals surface area contributed by atoms with E-state index < -0.39 is 48.3 Å². The van der Waals surface area contributed by atoms with Crippen molar-refractivity contribution in [1.82, 2.24) is 30.4 Å². The number of benzene rings is 1. The molecule has 18 heteroatoms. The number of nitrogens with zero attached hydrogens (tertiary/aromatic N) is 4. The summed E-state index contributed by atoms with van der Waals surface area (Å²) < 4.78 is 29.4. The highest BCUT2D eigenvalue weighted by Gasteiger charge is 2.44. The van der Waals surface area contributed by atoms with Gasteiger partial charge in [-0.15, -0.1) is 0 Å². The summed E-state index contributed by atoms with van der Waals surface area (Å²) in [5.74, 6) is -2.53. The maximum Gasteiger partial charge on any atom is 0.269 e. The highest BCUT2D eigenvalue weighted by atomic mass is 16.7. The minimum atomic E-state index is -0.903. The van der Waals surface area contributed by atoms with Gasteiger partial charge in [0.05, 0.1) is 88.9 Å². The van der Waals surface area contributed by atoms with E-state index in [0.717, 1.165) is 50.5 Å². The average molecular weight is 1130 g/mol. The number of Topliss-reactive ketones (excluding diaryl/α,β-unsaturated/α-hetero) is 1. The number of rotatable bonds is 39. The molecule has 0 saturated carbocycles. The quantitative estimate of drug-likeness (QED) is 0.0612. The van der Waals surface area contributed by atoms with Gasteiger partial charge in [0.2, 0.25) is 23.6 Å². The number of ether oxygens (including phenoxy) is 5. The normalized spacial score (nSPS) is 18.4. The van der Waals surface area contributed by atoms with Crippen molar-refractivity contribution in [3.8, 4) is 0 Å². The van der Waals surface area contributed by atoms with Crippen LogP contribution in [0.3, 0.4) is 0 Å². The van der Waals surface area contributed by atoms with Crippen molar-refractivity contribution < 1.29 is 57.3 Å². The molecule has 0 aliphatic carbocycles. The number of hydrogen-bond acceptors (Lipinski definition) is 13. The molecule has 2 heterocycles. The Balaban J connectivity index is 1.68. The summed E-state index contributed by atoms with van der Waals surface area (Å²) in [6.45, 7) is 26.0. The first-order valence-electron chi connectivity index (χ1n) is 30.4. The monoisotopic (exact) mass is 1130 g/mol. The van der Waals surface area contributed by atoms with Crippen LogP contribution in [0.2, 0.25) is 0 Å². The number of hydrogen-bond donors (Lipinski definition) is 2. The lowest BCUT2D eigenvalue weighted by Crippen LogP contribution is -2.60. The fraction of sp³-hybridized carbons (Fsp3) is 0.806. The molecule has 0 aromatic heterocycles. The highest BCUT2D eigenvalue weighted by Crippen LogP contribution is 2.31. The van der Waals surface area contributed by atoms with E-state index >= 15 is 0 Å². The van der Waals surface area contributed by atoms with Crippen LogP contribution in [-0.2, 0) is 63.7 Å². The van der Waals surface area contributed by atoms with E-state index in [-0.39, 0.29) is 71.3 Å². The molecule has 2 aliphatic rings. The average Bonchev–Trinajstić information content (AvgIpc) is 3.94. The second-order valence-corrected chi connectivity index (χ2v) is 23.2. The van der Waals surface area contributed by atoms with Crippen LogP contribution in [-0.4, -0.2) is 192 Å². The summed E-state index contributed by atoms with van der Waals surface area (Å²) in [7, 11) is 6.73. The third-order valence-electron chi connectivity index (χ3n) is 16.7. The lowest BCUT2D eigenvalue weighted by atomic mass is 9.88. The number of aryl methyl sites for hydroxylation is 1. The number of carbonyl (C=O) groups excluding carboxylic acids is 6. The van der Waals surface area contributed by atoms with Gasteiger partial charge in [0.15, 0.2) is 0 Å². The molecule has 0 spiro atoms. The maximum atomic E-state index is 14.8. The maximum absolute atomic E-state index is 14.8. The van der Waals surface area contributed by atoms with Crippen LogP contribution in [0.15, 0.2) is 24.3 Å². The minimum Gasteiger partial charge on any atom is -0.379 e. The number of unbranched alkanes of at least 4 members (excludes halogenated alkanes) is 1. The molecule has 2 aliphatic heterocycles. The SMILES string of the molecule is CCCCc1cccc([C@H](C)[C@H](NC(=O)[C@H](C)[C@@H](OC)[C@@H]2CCCN2C(=O)C[C@@H](OC)[C@H]([C@@H](C)CC)N(C)C(=O)[C@@H](NC(=O)[C@H](C(C)C)N(C)CCOCCOCCOCCC(=O)C(CC)CC)C(C)C)C(=O)N2CCCCO2)c1. The van der Waals surface area contributed by atoms with Gasteiger partial charge in [0.1, 0.15) is 17.9 Å². The van der Waals surface area contributed by atoms with Crippen molar-refractivity contribution in [2.45, 2.75) is 202 Å². The second-order valence-electron chi connectivity index (χ2n) is 23.2. The molecule has 1 aromatic rings. The Morgan fingerprint density at radius 3 is 1.98 bits per heavy atom. The fourth-order valence-electron chi connectivity index (χ4n) is 11.5. The van der Waals surface area contributed by atoms with Crippen molar-refractivity contribution in [1.29, 1.82) is 0 Å². The number of nitrogens with one attached hydrogen (secondary N) is 2. The van der Waals surface area contributed by atoms with Gasteiger partial charge in [0, 0.05) is 59.2 Å². The van der Waals surface area contributed by atoms with Gasteiger partial charge >= 0.3 is 0 Å². The Morgan fingerprint density at radius 2 is 1.40 bits per heavy atom. The summed E-state index contributed by atoms with van der Waals surface area (Å²) in [6.07, 6.45) is 7.44. The minimum absolute atomic E-state index is 0.0265. The molecule has 18 nitrogen and oxygen atoms in total. The molecule has 10 atom stereocenters. The van der Waals surface area contributed by atoms with E-state index in [1.807, 2.05) is 86.4 Å². The first-order valence-corrected chi connectivity index (χ1v) is 30.4. The van der Waals surface area contributed by atoms with E-state index in [9.17, 15) is 28.8 Å². The molecule has 2 saturated heterocycles. The second kappa shape index (κ2) is 37.2. The standard InChI is InChI=1S/C62H108N6O12/c1-16-20-25-47-26-23-27-49(40-47)45(10)55(62(74)68-31-21-22-33-80-68)64-59(71)46(11)58(76-15)50-28-24-30-67(50)53(70)41-52(75-14)57(44(9)17-2)66(13)61(73)54(42(5)6)63-60(72)56(43(7)8)65(12)32-35-78-37-39-79-38-36-77-34-29-51(69)48(18-3)19-4/h23,26-27,40,42-46,48,50,52,54-58H,16-22,24-25,28-39,41H2,1-15H3,(H,63,72)(H,64,71)/t44-,45-,46+,50-,52+,54-,55-,56-,57-,58+/m0/s1. The van der Waals surface area contributed by atoms with E-state index in [4.69, 9.17) is 28.5 Å². The van der Waals surface area contributed by atoms with Crippen molar-refractivity contribution in [2.75, 3.05) is 94.2 Å². The van der Waals surface area contributed by atoms with E-state index in [2.05, 4.69) is 29.7 Å². The molecule has 2 fully saturated rings. The van der Waals surface area contributed by atoms with Crippen LogP contribution >= 0.6 is 0 Å². The predicted molar refractivity (Wildman–Crippen MR) is 313 cm³/mol. The largest absolute Gasteiger partial charge is 0.379 e. The van der Waals surface area contributed by atoms with E-state index in [0.29, 0.717) is 91.6 Å². The Morgan fingerprint density at radius 1 is 0.750 bits per heavy atom. The van der Waals surface area contributed by atoms with Gasteiger partial charge in [-0.25, -0.2) is 5.06 Å². The molecule has 1 aromatic carbocycles. The van der Waals surface area contributed by atoms with Crippen LogP contribution in [0.4, 0.5) is 0 Å². The highest BCUT2D eigenvalue weighted by molar-refractivity contribution is 5.91. The zero-order valence-electron chi connectivity index (χ0n) is 52.1. The first kappa shape index (κ1) is 70.2. The van der Waals surface area contributed by atoms with Gasteiger partial charge in [-0.2, -0.15) is 0 Å². The zero-order valence-corrected chi connectivity index (χ0v) is 52.1. The number of amides is 5. The van der Waals surface area contributed by atoms with Crippen molar-refractivity contribution in [2.24, 2.45) is 29.6 Å². The zero-order chi connectivity index (χ0) is 59.5. The summed E-state index contributed by atoms with van der Waals surface area (Å²) in [4.78, 5) is 95.9. The predicted octanol–water partition coefficient (Wildman–Crippen LogP) is 7.63. The number of likely N-dealkylation sites (N-methyl/N-ethyl adjacent to an activating group) is 2. The molecule has 80 heavy (non-hydrogen) atoms. The van der Waals surface area contributed by atoms with E-state index in [1.54, 1.807) is 38.0 Å². The topological polar surface area (TPSA) is 195 Å². The smallest absolute Gasteiger partial charge is 0.269 e. The number of likely N-dealkylation sites (tertiary alicyclic amines) is 1. The number of carbonyl (C=O) groups is 6. The van der Waals surface area contributed by atoms with Crippen molar-refractivity contribution in [3.63, 3.8) is 0 Å². The lowest BCUT2D eigenvalue weighted by molar-refractivity contribution is -0.200. The molecular weight excluding hydrogens is 1020 g/mol. The molecule has 0 unspecified atom stereocenters. The lowest BCUT2D eigenvalue weighted by Gasteiger charge is -2.41. The van der Waals surface area contributed by atoms with Gasteiger partial charge in [-0.3, -0.25) is 38.5 Å². The summed E-state index contributed by atoms with van der Waals surface area (Å²) >= 11 is 0. The molecule has 0 radical (unpaired) electrons. The number of methoxy groups -OCH3 is 2. The van der Waals surface area contributed by atoms with E-state index in [1.165, 1.54) is 10.6 Å². The Bertz CT molecular complexity index is 2000. The van der Waals surface area contributed by atoms with Crippen LogP contribution < -0.4 is 10.6 Å². The van der Waals surface area contributed by atoms with Crippen LogP contribution in [0.1, 0.15) is 164 Å². The number of ketones is 1. The van der Waals surface area contributed by atoms with Crippen LogP contribution in [0, 0.1) is 29.6 Å². The molecular formula is C62H108N6O12. The fourth-order valence-corrected chi connectivity index (χ4v) is 11.5. The summed E-state index contributed by atoms with van der Waals surface area (Å²) in [5.41, 5.74) is 2.14. The van der Waals surface area contributed by atoms with Crippen molar-refractivity contribution in [3.05, 3.63) is 35.4 Å². The van der Waals surface area contributed by atoms with Crippen molar-refractivity contribution >= 4 is 35.3 Å². The van der Waals surface area contributed by atoms with Gasteiger partial charge in [0.25, 0.3) is 5.91 Å².